The Bertz CT molecular complexity index is 933. The number of rotatable bonds is 5. The van der Waals surface area contributed by atoms with Crippen molar-refractivity contribution in [3.63, 3.8) is 0 Å². The van der Waals surface area contributed by atoms with E-state index >= 15 is 0 Å². The number of hydrogen-bond acceptors (Lipinski definition) is 6. The lowest BCUT2D eigenvalue weighted by Crippen LogP contribution is -2.33. The van der Waals surface area contributed by atoms with Crippen LogP contribution >= 0.6 is 0 Å². The highest BCUT2D eigenvalue weighted by atomic mass is 16.1. The number of likely N-dealkylation sites (tertiary alicyclic amines) is 1. The smallest absolute Gasteiger partial charge is 0.206 e. The Labute approximate surface area is 158 Å². The van der Waals surface area contributed by atoms with E-state index in [2.05, 4.69) is 20.3 Å². The standard InChI is InChI=1S/C20H24N6O/c21-15-7-8-16(18(27)14-15)23-19-17-6-2-5-12-26(17)24-20(19)22-9-13-25-10-3-1-4-11-25/h2,5-8,12,14H,1,3-4,9-11,13,21H2,(H,22,24). The zero-order chi connectivity index (χ0) is 18.6. The van der Waals surface area contributed by atoms with Crippen LogP contribution in [0.1, 0.15) is 19.3 Å². The summed E-state index contributed by atoms with van der Waals surface area (Å²) in [6.07, 6.45) is 10.5. The van der Waals surface area contributed by atoms with Crippen LogP contribution in [0.4, 0.5) is 11.5 Å². The molecule has 0 atom stereocenters. The molecule has 0 spiro atoms. The van der Waals surface area contributed by atoms with Crippen LogP contribution in [0, 0.1) is 0 Å². The molecule has 0 amide bonds. The van der Waals surface area contributed by atoms with Crippen LogP contribution in [0.5, 0.6) is 0 Å². The Morgan fingerprint density at radius 1 is 1.19 bits per heavy atom. The minimum Gasteiger partial charge on any atom is -0.399 e. The molecule has 0 saturated carbocycles. The van der Waals surface area contributed by atoms with Crippen molar-refractivity contribution >= 4 is 28.5 Å². The van der Waals surface area contributed by atoms with E-state index in [1.807, 2.05) is 24.4 Å². The molecule has 27 heavy (non-hydrogen) atoms. The number of pyridine rings is 1. The van der Waals surface area contributed by atoms with E-state index < -0.39 is 0 Å². The van der Waals surface area contributed by atoms with Gasteiger partial charge in [0.05, 0.1) is 5.52 Å². The average Bonchev–Trinajstić information content (AvgIpc) is 3.02. The third-order valence-electron chi connectivity index (χ3n) is 4.90. The number of nitrogens with two attached hydrogens (primary N) is 1. The number of anilines is 1. The van der Waals surface area contributed by atoms with Crippen molar-refractivity contribution in [1.82, 2.24) is 14.5 Å². The molecule has 1 fully saturated rings. The lowest BCUT2D eigenvalue weighted by molar-refractivity contribution is -0.108. The molecule has 4 rings (SSSR count). The van der Waals surface area contributed by atoms with Gasteiger partial charge in [0.15, 0.2) is 5.82 Å². The first-order chi connectivity index (χ1) is 13.2. The Hall–Kier alpha value is -2.93. The maximum Gasteiger partial charge on any atom is 0.206 e. The first-order valence-electron chi connectivity index (χ1n) is 9.42. The van der Waals surface area contributed by atoms with E-state index in [0.717, 1.165) is 31.7 Å². The second-order valence-electron chi connectivity index (χ2n) is 6.90. The fourth-order valence-corrected chi connectivity index (χ4v) is 3.47. The highest BCUT2D eigenvalue weighted by Crippen LogP contribution is 2.30. The number of nitrogens with one attached hydrogen (secondary N) is 1. The van der Waals surface area contributed by atoms with Gasteiger partial charge in [0, 0.05) is 31.1 Å². The van der Waals surface area contributed by atoms with Gasteiger partial charge < -0.3 is 16.0 Å². The third-order valence-corrected chi connectivity index (χ3v) is 4.90. The van der Waals surface area contributed by atoms with Crippen molar-refractivity contribution in [2.24, 2.45) is 10.7 Å². The number of ketones is 1. The number of fused-ring (bicyclic) bond motifs is 1. The minimum absolute atomic E-state index is 0.190. The highest BCUT2D eigenvalue weighted by molar-refractivity contribution is 6.49. The number of nitrogens with zero attached hydrogens (tertiary/aromatic N) is 4. The Morgan fingerprint density at radius 3 is 2.85 bits per heavy atom. The largest absolute Gasteiger partial charge is 0.399 e. The monoisotopic (exact) mass is 364 g/mol. The molecule has 3 N–H and O–H groups in total. The summed E-state index contributed by atoms with van der Waals surface area (Å²) in [5.74, 6) is 0.499. The Morgan fingerprint density at radius 2 is 2.04 bits per heavy atom. The summed E-state index contributed by atoms with van der Waals surface area (Å²) in [5, 5.41) is 8.01. The molecule has 0 unspecified atom stereocenters. The molecule has 1 aliphatic heterocycles. The molecule has 140 valence electrons. The van der Waals surface area contributed by atoms with Crippen LogP contribution in [0.15, 0.2) is 53.3 Å². The molecule has 2 aromatic rings. The van der Waals surface area contributed by atoms with E-state index in [-0.39, 0.29) is 5.78 Å². The van der Waals surface area contributed by atoms with Gasteiger partial charge in [0.2, 0.25) is 5.78 Å². The zero-order valence-corrected chi connectivity index (χ0v) is 15.3. The van der Waals surface area contributed by atoms with Gasteiger partial charge in [-0.25, -0.2) is 9.51 Å². The Balaban J connectivity index is 1.58. The van der Waals surface area contributed by atoms with Crippen molar-refractivity contribution < 1.29 is 4.79 Å². The molecule has 3 heterocycles. The van der Waals surface area contributed by atoms with E-state index in [1.165, 1.54) is 25.3 Å². The molecule has 1 saturated heterocycles. The predicted octanol–water partition coefficient (Wildman–Crippen LogP) is 2.29. The van der Waals surface area contributed by atoms with Gasteiger partial charge in [-0.05, 0) is 50.2 Å². The zero-order valence-electron chi connectivity index (χ0n) is 15.3. The molecule has 2 aromatic heterocycles. The fourth-order valence-electron chi connectivity index (χ4n) is 3.47. The molecule has 7 heteroatoms. The Kier molecular flexibility index (Phi) is 5.02. The van der Waals surface area contributed by atoms with Gasteiger partial charge in [0.25, 0.3) is 0 Å². The molecule has 0 bridgehead atoms. The number of hydrogen-bond donors (Lipinski definition) is 2. The van der Waals surface area contributed by atoms with Gasteiger partial charge >= 0.3 is 0 Å². The fraction of sp³-hybridized carbons (Fsp3) is 0.350. The van der Waals surface area contributed by atoms with Crippen molar-refractivity contribution in [1.29, 1.82) is 0 Å². The topological polar surface area (TPSA) is 88.0 Å². The van der Waals surface area contributed by atoms with Crippen LogP contribution in [0.3, 0.4) is 0 Å². The van der Waals surface area contributed by atoms with Crippen LogP contribution in [-0.2, 0) is 4.79 Å². The van der Waals surface area contributed by atoms with Gasteiger partial charge in [0.1, 0.15) is 11.4 Å². The SMILES string of the molecule is NC1=CC(=O)C(=Nc2c(NCCN3CCCCC3)nn3ccccc23)C=C1. The van der Waals surface area contributed by atoms with Crippen LogP contribution in [-0.4, -0.2) is 52.2 Å². The number of aromatic nitrogens is 2. The quantitative estimate of drug-likeness (QED) is 0.795. The van der Waals surface area contributed by atoms with Crippen LogP contribution in [0.25, 0.3) is 5.52 Å². The molecule has 1 aliphatic carbocycles. The average molecular weight is 364 g/mol. The first kappa shape index (κ1) is 17.5. The van der Waals surface area contributed by atoms with E-state index in [0.29, 0.717) is 22.9 Å². The van der Waals surface area contributed by atoms with E-state index in [9.17, 15) is 4.79 Å². The maximum absolute atomic E-state index is 12.2. The van der Waals surface area contributed by atoms with Crippen LogP contribution < -0.4 is 11.1 Å². The lowest BCUT2D eigenvalue weighted by atomic mass is 10.1. The summed E-state index contributed by atoms with van der Waals surface area (Å²) in [6.45, 7) is 4.09. The molecule has 0 radical (unpaired) electrons. The lowest BCUT2D eigenvalue weighted by Gasteiger charge is -2.26. The molecule has 7 nitrogen and oxygen atoms in total. The second kappa shape index (κ2) is 7.75. The summed E-state index contributed by atoms with van der Waals surface area (Å²) in [6, 6.07) is 5.81. The maximum atomic E-state index is 12.2. The minimum atomic E-state index is -0.190. The number of allylic oxidation sites excluding steroid dienone is 3. The molecule has 0 aromatic carbocycles. The van der Waals surface area contributed by atoms with Crippen molar-refractivity contribution in [3.8, 4) is 0 Å². The third kappa shape index (κ3) is 3.93. The summed E-state index contributed by atoms with van der Waals surface area (Å²) in [7, 11) is 0. The number of piperidine rings is 1. The molecular formula is C20H24N6O. The number of carbonyl (C=O) groups is 1. The second-order valence-corrected chi connectivity index (χ2v) is 6.90. The summed E-state index contributed by atoms with van der Waals surface area (Å²) in [5.41, 5.74) is 8.02. The first-order valence-corrected chi connectivity index (χ1v) is 9.42. The highest BCUT2D eigenvalue weighted by Gasteiger charge is 2.17. The van der Waals surface area contributed by atoms with E-state index in [1.54, 1.807) is 16.7 Å². The van der Waals surface area contributed by atoms with Gasteiger partial charge in [-0.2, -0.15) is 0 Å². The number of aliphatic imine (C=N–C) groups is 1. The van der Waals surface area contributed by atoms with Crippen molar-refractivity contribution in [3.05, 3.63) is 48.3 Å². The van der Waals surface area contributed by atoms with E-state index in [4.69, 9.17) is 5.73 Å². The molecular weight excluding hydrogens is 340 g/mol. The van der Waals surface area contributed by atoms with Crippen LogP contribution in [0.2, 0.25) is 0 Å². The predicted molar refractivity (Wildman–Crippen MR) is 107 cm³/mol. The van der Waals surface area contributed by atoms with Gasteiger partial charge in [-0.3, -0.25) is 4.79 Å². The summed E-state index contributed by atoms with van der Waals surface area (Å²) < 4.78 is 1.78. The van der Waals surface area contributed by atoms with Gasteiger partial charge in [-0.1, -0.05) is 12.5 Å². The van der Waals surface area contributed by atoms with Crippen molar-refractivity contribution in [2.75, 3.05) is 31.5 Å². The summed E-state index contributed by atoms with van der Waals surface area (Å²) >= 11 is 0. The molecule has 2 aliphatic rings. The van der Waals surface area contributed by atoms with Gasteiger partial charge in [-0.15, -0.1) is 5.10 Å². The number of carbonyl (C=O) groups excluding carboxylic acids is 1. The van der Waals surface area contributed by atoms with Crippen molar-refractivity contribution in [2.45, 2.75) is 19.3 Å². The summed E-state index contributed by atoms with van der Waals surface area (Å²) in [4.78, 5) is 19.3. The normalized spacial score (nSPS) is 19.6.